The van der Waals surface area contributed by atoms with Gasteiger partial charge in [0.15, 0.2) is 5.01 Å². The number of nitrogens with one attached hydrogen (secondary N) is 2. The number of fused-ring (bicyclic) bond motifs is 4. The number of amides is 4. The Labute approximate surface area is 342 Å². The fourth-order valence-corrected chi connectivity index (χ4v) is 11.1. The molecular formula is C43H49N5O8S2. The molecule has 0 spiro atoms. The van der Waals surface area contributed by atoms with E-state index >= 15 is 0 Å². The molecule has 0 unspecified atom stereocenters. The molecular weight excluding hydrogens is 779 g/mol. The number of hydrogen-bond acceptors (Lipinski definition) is 10. The maximum atomic E-state index is 14.8. The Morgan fingerprint density at radius 2 is 1.76 bits per heavy atom. The normalized spacial score (nSPS) is 27.9. The molecule has 2 N–H and O–H groups in total. The second kappa shape index (κ2) is 16.4. The maximum Gasteiger partial charge on any atom is 0.282 e. The molecule has 4 amide bonds. The summed E-state index contributed by atoms with van der Waals surface area (Å²) < 4.78 is 33.4. The van der Waals surface area contributed by atoms with Crippen molar-refractivity contribution in [1.82, 2.24) is 24.8 Å². The highest BCUT2D eigenvalue weighted by Crippen LogP contribution is 2.47. The summed E-state index contributed by atoms with van der Waals surface area (Å²) in [6, 6.07) is 15.8. The van der Waals surface area contributed by atoms with Crippen LogP contribution in [-0.2, 0) is 35.6 Å². The van der Waals surface area contributed by atoms with Gasteiger partial charge < -0.3 is 19.9 Å². The van der Waals surface area contributed by atoms with Gasteiger partial charge in [-0.2, -0.15) is 0 Å². The monoisotopic (exact) mass is 827 g/mol. The summed E-state index contributed by atoms with van der Waals surface area (Å²) in [6.45, 7) is 0.671. The summed E-state index contributed by atoms with van der Waals surface area (Å²) in [6.07, 6.45) is 8.86. The molecule has 3 aliphatic heterocycles. The molecule has 58 heavy (non-hydrogen) atoms. The Hall–Kier alpha value is -4.89. The van der Waals surface area contributed by atoms with E-state index in [1.807, 2.05) is 72.1 Å². The number of aromatic nitrogens is 1. The lowest BCUT2D eigenvalue weighted by Gasteiger charge is -2.32. The van der Waals surface area contributed by atoms with Crippen LogP contribution in [0.15, 0.2) is 72.1 Å². The van der Waals surface area contributed by atoms with Gasteiger partial charge in [0, 0.05) is 67.1 Å². The van der Waals surface area contributed by atoms with Crippen molar-refractivity contribution in [2.75, 3.05) is 26.7 Å². The lowest BCUT2D eigenvalue weighted by atomic mass is 9.90. The molecule has 2 saturated carbocycles. The van der Waals surface area contributed by atoms with Crippen molar-refractivity contribution in [2.24, 2.45) is 23.7 Å². The van der Waals surface area contributed by atoms with E-state index in [1.165, 1.54) is 11.3 Å². The third-order valence-electron chi connectivity index (χ3n) is 12.4. The van der Waals surface area contributed by atoms with Crippen LogP contribution in [0.4, 0.5) is 0 Å². The smallest absolute Gasteiger partial charge is 0.282 e. The van der Waals surface area contributed by atoms with Gasteiger partial charge in [0.25, 0.3) is 11.8 Å². The summed E-state index contributed by atoms with van der Waals surface area (Å²) in [5.41, 5.74) is 0.856. The zero-order chi connectivity index (χ0) is 40.6. The molecule has 2 aromatic carbocycles. The number of ether oxygens (including phenoxy) is 1. The highest BCUT2D eigenvalue weighted by molar-refractivity contribution is 7.91. The van der Waals surface area contributed by atoms with E-state index in [2.05, 4.69) is 15.0 Å². The second-order valence-electron chi connectivity index (χ2n) is 16.5. The number of allylic oxidation sites excluding steroid dienone is 1. The van der Waals surface area contributed by atoms with E-state index in [-0.39, 0.29) is 55.9 Å². The van der Waals surface area contributed by atoms with Crippen LogP contribution < -0.4 is 14.8 Å². The van der Waals surface area contributed by atoms with E-state index in [9.17, 15) is 32.4 Å². The van der Waals surface area contributed by atoms with Gasteiger partial charge in [0.05, 0.1) is 18.1 Å². The topological polar surface area (TPSA) is 172 Å². The third-order valence-corrected chi connectivity index (χ3v) is 15.0. The minimum atomic E-state index is -3.90. The third kappa shape index (κ3) is 8.33. The van der Waals surface area contributed by atoms with Crippen LogP contribution in [0.5, 0.6) is 5.75 Å². The quantitative estimate of drug-likeness (QED) is 0.279. The molecule has 2 saturated heterocycles. The molecule has 15 heteroatoms. The number of Topliss-reactive ketones (excluding diaryl/α,β-unsaturated/α-hetero) is 1. The lowest BCUT2D eigenvalue weighted by molar-refractivity contribution is -0.144. The Balaban J connectivity index is 1.06. The number of ketones is 1. The van der Waals surface area contributed by atoms with Crippen molar-refractivity contribution < 1.29 is 37.1 Å². The van der Waals surface area contributed by atoms with Crippen molar-refractivity contribution in [2.45, 2.75) is 81.0 Å². The number of carbonyl (C=O) groups excluding carboxylic acids is 5. The van der Waals surface area contributed by atoms with Gasteiger partial charge in [0.1, 0.15) is 23.1 Å². The largest absolute Gasteiger partial charge is 0.497 e. The number of thiazole rings is 1. The zero-order valence-electron chi connectivity index (χ0n) is 32.5. The molecule has 4 fully saturated rings. The molecule has 3 aromatic rings. The van der Waals surface area contributed by atoms with Crippen LogP contribution >= 0.6 is 11.3 Å². The van der Waals surface area contributed by atoms with Crippen LogP contribution in [0.1, 0.15) is 73.2 Å². The molecule has 1 aromatic heterocycles. The standard InChI is InChI=1S/C43H49N5O8S2/c1-56-33-16-14-28(15-17-33)36-26-57-39(44-36)41(52)47-23-30-24-48-37(35(30)25-47)38(50)45-43(42(53)46-58(54,55)34-18-19-34)22-31(43)13-9-4-2-3-8-12-29(40(48)51)21-32(49)20-27-10-6-5-7-11-27/h5-7,9-11,13-17,26,29-31,34-35,37H,2-4,8,12,18-25H2,1H3,(H,45,50)(H,46,53)/b13-9-/t29-,30+,31-,35+,37+,43-/m1/s1. The first-order valence-corrected chi connectivity index (χ1v) is 22.7. The van der Waals surface area contributed by atoms with Gasteiger partial charge in [-0.25, -0.2) is 13.4 Å². The summed E-state index contributed by atoms with van der Waals surface area (Å²) in [5, 5.41) is 4.47. The highest BCUT2D eigenvalue weighted by Gasteiger charge is 2.63. The van der Waals surface area contributed by atoms with E-state index in [0.29, 0.717) is 42.3 Å². The Bertz CT molecular complexity index is 2210. The molecule has 0 bridgehead atoms. The van der Waals surface area contributed by atoms with Crippen molar-refractivity contribution in [1.29, 1.82) is 0 Å². The van der Waals surface area contributed by atoms with Gasteiger partial charge in [-0.1, -0.05) is 55.3 Å². The Kier molecular flexibility index (Phi) is 11.3. The fraction of sp³-hybridized carbons (Fsp3) is 0.488. The SMILES string of the molecule is COc1ccc(-c2csc(C(=O)N3C[C@H]4CN5C(=O)[C@@H](CC(=O)Cc6ccccc6)CCCCC/C=C\[C@@H]6C[C@@]6(C(=O)NS(=O)(=O)C6CC6)NC(=O)[C@@H]5[C@H]4C3)n2)cc1. The summed E-state index contributed by atoms with van der Waals surface area (Å²) >= 11 is 1.24. The van der Waals surface area contributed by atoms with Gasteiger partial charge in [-0.05, 0) is 68.4 Å². The van der Waals surface area contributed by atoms with E-state index < -0.39 is 56.4 Å². The number of carbonyl (C=O) groups is 5. The van der Waals surface area contributed by atoms with Crippen LogP contribution in [0.3, 0.4) is 0 Å². The fourth-order valence-electron chi connectivity index (χ4n) is 8.94. The average Bonchev–Trinajstić information content (AvgIpc) is 4.04. The number of benzene rings is 2. The van der Waals surface area contributed by atoms with E-state index in [1.54, 1.807) is 16.9 Å². The lowest BCUT2D eigenvalue weighted by Crippen LogP contribution is -2.58. The number of sulfonamides is 1. The van der Waals surface area contributed by atoms with Crippen LogP contribution in [0.25, 0.3) is 11.3 Å². The van der Waals surface area contributed by atoms with Crippen molar-refractivity contribution >= 4 is 50.8 Å². The summed E-state index contributed by atoms with van der Waals surface area (Å²) in [7, 11) is -2.31. The molecule has 8 rings (SSSR count). The number of hydrogen-bond donors (Lipinski definition) is 2. The molecule has 13 nitrogen and oxygen atoms in total. The molecule has 4 heterocycles. The summed E-state index contributed by atoms with van der Waals surface area (Å²) in [5.74, 6) is -3.04. The highest BCUT2D eigenvalue weighted by atomic mass is 32.2. The average molecular weight is 828 g/mol. The second-order valence-corrected chi connectivity index (χ2v) is 19.3. The summed E-state index contributed by atoms with van der Waals surface area (Å²) in [4.78, 5) is 78.8. The van der Waals surface area contributed by atoms with Gasteiger partial charge in [-0.3, -0.25) is 28.7 Å². The number of methoxy groups -OCH3 is 1. The first-order valence-electron chi connectivity index (χ1n) is 20.3. The zero-order valence-corrected chi connectivity index (χ0v) is 34.1. The predicted molar refractivity (Wildman–Crippen MR) is 217 cm³/mol. The molecule has 5 aliphatic rings. The number of nitrogens with zero attached hydrogens (tertiary/aromatic N) is 3. The Morgan fingerprint density at radius 3 is 2.50 bits per heavy atom. The number of rotatable bonds is 10. The van der Waals surface area contributed by atoms with E-state index in [4.69, 9.17) is 4.74 Å². The molecule has 6 atom stereocenters. The first-order chi connectivity index (χ1) is 28.0. The molecule has 306 valence electrons. The number of likely N-dealkylation sites (tertiary alicyclic amines) is 1. The van der Waals surface area contributed by atoms with Gasteiger partial charge in [0.2, 0.25) is 21.8 Å². The first kappa shape index (κ1) is 39.9. The Morgan fingerprint density at radius 1 is 0.983 bits per heavy atom. The van der Waals surface area contributed by atoms with Crippen molar-refractivity contribution in [3.05, 3.63) is 82.7 Å². The van der Waals surface area contributed by atoms with E-state index in [0.717, 1.165) is 36.8 Å². The maximum absolute atomic E-state index is 14.8. The van der Waals surface area contributed by atoms with Crippen LogP contribution in [0.2, 0.25) is 0 Å². The van der Waals surface area contributed by atoms with Gasteiger partial charge in [-0.15, -0.1) is 11.3 Å². The minimum absolute atomic E-state index is 0.0342. The van der Waals surface area contributed by atoms with Gasteiger partial charge >= 0.3 is 0 Å². The molecule has 2 aliphatic carbocycles. The molecule has 0 radical (unpaired) electrons. The van der Waals surface area contributed by atoms with Crippen molar-refractivity contribution in [3.63, 3.8) is 0 Å². The minimum Gasteiger partial charge on any atom is -0.497 e. The van der Waals surface area contributed by atoms with Crippen LogP contribution in [0, 0.1) is 23.7 Å². The van der Waals surface area contributed by atoms with Crippen molar-refractivity contribution in [3.8, 4) is 17.0 Å². The predicted octanol–water partition coefficient (Wildman–Crippen LogP) is 4.54. The van der Waals surface area contributed by atoms with Crippen LogP contribution in [-0.4, -0.2) is 96.2 Å².